The topological polar surface area (TPSA) is 42.2 Å². The first-order valence-corrected chi connectivity index (χ1v) is 11.3. The molecule has 3 aromatic rings. The fourth-order valence-corrected chi connectivity index (χ4v) is 3.98. The highest BCUT2D eigenvalue weighted by Crippen LogP contribution is 2.37. The van der Waals surface area contributed by atoms with Crippen molar-refractivity contribution in [1.29, 1.82) is 5.26 Å². The Bertz CT molecular complexity index is 1170. The second kappa shape index (κ2) is 10.9. The van der Waals surface area contributed by atoms with E-state index in [0.717, 1.165) is 15.6 Å². The smallest absolute Gasteiger partial charge is 0.162 e. The first kappa shape index (κ1) is 23.5. The number of halogens is 4. The molecule has 0 saturated heterocycles. The minimum absolute atomic E-state index is 0.251. The van der Waals surface area contributed by atoms with Gasteiger partial charge < -0.3 is 9.47 Å². The van der Waals surface area contributed by atoms with Gasteiger partial charge in [-0.15, -0.1) is 0 Å². The largest absolute Gasteiger partial charge is 0.490 e. The number of benzene rings is 3. The molecular weight excluding hydrogens is 521 g/mol. The van der Waals surface area contributed by atoms with Gasteiger partial charge in [0.25, 0.3) is 0 Å². The minimum Gasteiger partial charge on any atom is -0.490 e. The lowest BCUT2D eigenvalue weighted by Gasteiger charge is -2.15. The maximum Gasteiger partial charge on any atom is 0.162 e. The molecule has 31 heavy (non-hydrogen) atoms. The molecule has 0 aromatic heterocycles. The molecule has 0 amide bonds. The zero-order chi connectivity index (χ0) is 22.4. The lowest BCUT2D eigenvalue weighted by Crippen LogP contribution is -2.01. The van der Waals surface area contributed by atoms with Crippen LogP contribution in [0.3, 0.4) is 0 Å². The van der Waals surface area contributed by atoms with E-state index in [9.17, 15) is 5.26 Å². The average Bonchev–Trinajstić information content (AvgIpc) is 2.74. The summed E-state index contributed by atoms with van der Waals surface area (Å²) < 4.78 is 12.5. The van der Waals surface area contributed by atoms with Crippen LogP contribution in [0.4, 0.5) is 0 Å². The van der Waals surface area contributed by atoms with Crippen LogP contribution in [-0.4, -0.2) is 6.61 Å². The van der Waals surface area contributed by atoms with Crippen LogP contribution in [0.1, 0.15) is 23.6 Å². The van der Waals surface area contributed by atoms with Crippen molar-refractivity contribution in [2.75, 3.05) is 6.61 Å². The molecule has 3 aromatic carbocycles. The van der Waals surface area contributed by atoms with Crippen molar-refractivity contribution in [2.45, 2.75) is 13.5 Å². The fraction of sp³-hybridized carbons (Fsp3) is 0.125. The monoisotopic (exact) mass is 535 g/mol. The van der Waals surface area contributed by atoms with Crippen molar-refractivity contribution < 1.29 is 9.47 Å². The van der Waals surface area contributed by atoms with E-state index < -0.39 is 0 Å². The van der Waals surface area contributed by atoms with Crippen LogP contribution in [0.25, 0.3) is 11.6 Å². The van der Waals surface area contributed by atoms with Gasteiger partial charge in [-0.3, -0.25) is 0 Å². The Morgan fingerprint density at radius 1 is 1.00 bits per heavy atom. The summed E-state index contributed by atoms with van der Waals surface area (Å²) in [7, 11) is 0. The molecule has 3 rings (SSSR count). The lowest BCUT2D eigenvalue weighted by molar-refractivity contribution is 0.269. The van der Waals surface area contributed by atoms with Gasteiger partial charge in [0.1, 0.15) is 6.61 Å². The standard InChI is InChI=1S/C24H17BrCl3NO2/c1-2-30-23-10-16(9-17(13-29)19-5-3-4-6-21(19)27)20(25)12-24(23)31-14-15-7-8-18(26)11-22(15)28/h3-12H,2,14H2,1H3. The van der Waals surface area contributed by atoms with E-state index in [4.69, 9.17) is 44.3 Å². The summed E-state index contributed by atoms with van der Waals surface area (Å²) in [6.45, 7) is 2.60. The molecule has 0 fully saturated rings. The number of hydrogen-bond donors (Lipinski definition) is 0. The lowest BCUT2D eigenvalue weighted by atomic mass is 10.0. The summed E-state index contributed by atoms with van der Waals surface area (Å²) in [5.41, 5.74) is 2.67. The summed E-state index contributed by atoms with van der Waals surface area (Å²) in [5.74, 6) is 1.10. The Balaban J connectivity index is 1.94. The number of rotatable bonds is 7. The molecule has 158 valence electrons. The predicted molar refractivity (Wildman–Crippen MR) is 131 cm³/mol. The zero-order valence-electron chi connectivity index (χ0n) is 16.5. The van der Waals surface area contributed by atoms with Gasteiger partial charge in [0.2, 0.25) is 0 Å². The van der Waals surface area contributed by atoms with E-state index in [1.54, 1.807) is 24.3 Å². The van der Waals surface area contributed by atoms with Crippen LogP contribution in [0.15, 0.2) is 59.1 Å². The Morgan fingerprint density at radius 2 is 1.74 bits per heavy atom. The Morgan fingerprint density at radius 3 is 2.42 bits per heavy atom. The first-order chi connectivity index (χ1) is 14.9. The molecule has 0 heterocycles. The maximum absolute atomic E-state index is 9.67. The number of nitrogens with zero attached hydrogens (tertiary/aromatic N) is 1. The Labute approximate surface area is 204 Å². The first-order valence-electron chi connectivity index (χ1n) is 9.32. The fourth-order valence-electron chi connectivity index (χ4n) is 2.84. The van der Waals surface area contributed by atoms with E-state index >= 15 is 0 Å². The number of hydrogen-bond acceptors (Lipinski definition) is 3. The van der Waals surface area contributed by atoms with Crippen molar-refractivity contribution in [3.05, 3.63) is 90.8 Å². The van der Waals surface area contributed by atoms with Gasteiger partial charge in [-0.25, -0.2) is 0 Å². The van der Waals surface area contributed by atoms with Crippen molar-refractivity contribution in [3.8, 4) is 17.6 Å². The highest BCUT2D eigenvalue weighted by Gasteiger charge is 2.13. The Hall–Kier alpha value is -2.16. The van der Waals surface area contributed by atoms with Crippen LogP contribution in [0.2, 0.25) is 15.1 Å². The van der Waals surface area contributed by atoms with E-state index in [1.165, 1.54) is 0 Å². The molecule has 0 radical (unpaired) electrons. The molecule has 0 aliphatic carbocycles. The molecule has 7 heteroatoms. The third kappa shape index (κ3) is 5.96. The van der Waals surface area contributed by atoms with E-state index in [-0.39, 0.29) is 6.61 Å². The molecule has 0 N–H and O–H groups in total. The molecule has 0 unspecified atom stereocenters. The summed E-state index contributed by atoms with van der Waals surface area (Å²) in [4.78, 5) is 0. The second-order valence-corrected chi connectivity index (χ2v) is 8.53. The van der Waals surface area contributed by atoms with E-state index in [1.807, 2.05) is 43.3 Å². The highest BCUT2D eigenvalue weighted by atomic mass is 79.9. The summed E-state index contributed by atoms with van der Waals surface area (Å²) >= 11 is 22.0. The minimum atomic E-state index is 0.251. The third-order valence-electron chi connectivity index (χ3n) is 4.35. The molecule has 0 aliphatic heterocycles. The number of allylic oxidation sites excluding steroid dienone is 1. The van der Waals surface area contributed by atoms with Crippen LogP contribution in [0, 0.1) is 11.3 Å². The summed E-state index contributed by atoms with van der Waals surface area (Å²) in [6.07, 6.45) is 1.76. The van der Waals surface area contributed by atoms with Gasteiger partial charge in [-0.2, -0.15) is 5.26 Å². The van der Waals surface area contributed by atoms with Gasteiger partial charge in [-0.1, -0.05) is 75.0 Å². The molecule has 0 spiro atoms. The molecular formula is C24H17BrCl3NO2. The van der Waals surface area contributed by atoms with Gasteiger partial charge >= 0.3 is 0 Å². The van der Waals surface area contributed by atoms with Crippen molar-refractivity contribution in [1.82, 2.24) is 0 Å². The molecule has 0 bridgehead atoms. The SMILES string of the molecule is CCOc1cc(C=C(C#N)c2ccccc2Cl)c(Br)cc1OCc1ccc(Cl)cc1Cl. The number of nitriles is 1. The molecule has 0 aliphatic rings. The average molecular weight is 538 g/mol. The molecule has 3 nitrogen and oxygen atoms in total. The second-order valence-electron chi connectivity index (χ2n) is 6.43. The zero-order valence-corrected chi connectivity index (χ0v) is 20.3. The summed E-state index contributed by atoms with van der Waals surface area (Å²) in [5, 5.41) is 11.3. The van der Waals surface area contributed by atoms with Crippen LogP contribution in [-0.2, 0) is 6.61 Å². The molecule has 0 saturated carbocycles. The van der Waals surface area contributed by atoms with Gasteiger partial charge in [0.15, 0.2) is 11.5 Å². The highest BCUT2D eigenvalue weighted by molar-refractivity contribution is 9.10. The van der Waals surface area contributed by atoms with Gasteiger partial charge in [0.05, 0.1) is 18.2 Å². The van der Waals surface area contributed by atoms with Crippen LogP contribution in [0.5, 0.6) is 11.5 Å². The van der Waals surface area contributed by atoms with Crippen LogP contribution < -0.4 is 9.47 Å². The van der Waals surface area contributed by atoms with Crippen molar-refractivity contribution in [3.63, 3.8) is 0 Å². The van der Waals surface area contributed by atoms with E-state index in [0.29, 0.717) is 44.3 Å². The van der Waals surface area contributed by atoms with Gasteiger partial charge in [0, 0.05) is 30.7 Å². The maximum atomic E-state index is 9.67. The summed E-state index contributed by atoms with van der Waals surface area (Å²) in [6, 6.07) is 18.3. The van der Waals surface area contributed by atoms with Crippen molar-refractivity contribution >= 4 is 62.4 Å². The normalized spacial score (nSPS) is 11.2. The third-order valence-corrected chi connectivity index (χ3v) is 5.95. The Kier molecular flexibility index (Phi) is 8.28. The quantitative estimate of drug-likeness (QED) is 0.224. The predicted octanol–water partition coefficient (Wildman–Crippen LogP) is 8.45. The van der Waals surface area contributed by atoms with Crippen molar-refractivity contribution in [2.24, 2.45) is 0 Å². The van der Waals surface area contributed by atoms with Crippen LogP contribution >= 0.6 is 50.7 Å². The number of ether oxygens (including phenoxy) is 2. The van der Waals surface area contributed by atoms with E-state index in [2.05, 4.69) is 22.0 Å². The molecule has 0 atom stereocenters. The van der Waals surface area contributed by atoms with Gasteiger partial charge in [-0.05, 0) is 48.9 Å².